The van der Waals surface area contributed by atoms with Crippen LogP contribution in [0.15, 0.2) is 60.8 Å². The first-order chi connectivity index (χ1) is 20.2. The lowest BCUT2D eigenvalue weighted by atomic mass is 10.0. The molecule has 42 heavy (non-hydrogen) atoms. The van der Waals surface area contributed by atoms with Crippen molar-refractivity contribution >= 4 is 46.6 Å². The number of H-pyrrole nitrogens is 1. The Morgan fingerprint density at radius 2 is 1.57 bits per heavy atom. The minimum Gasteiger partial charge on any atom is -0.461 e. The molecule has 0 bridgehead atoms. The van der Waals surface area contributed by atoms with Gasteiger partial charge in [-0.15, -0.1) is 0 Å². The molecule has 11 heteroatoms. The Bertz CT molecular complexity index is 1450. The summed E-state index contributed by atoms with van der Waals surface area (Å²) in [6.07, 6.45) is 3.81. The van der Waals surface area contributed by atoms with Crippen molar-refractivity contribution in [1.82, 2.24) is 20.9 Å². The quantitative estimate of drug-likeness (QED) is 0.138. The lowest BCUT2D eigenvalue weighted by molar-refractivity contribution is -0.149. The number of carbonyl (C=O) groups excluding carboxylic acids is 5. The van der Waals surface area contributed by atoms with E-state index in [9.17, 15) is 24.0 Å². The van der Waals surface area contributed by atoms with Gasteiger partial charge in [-0.2, -0.15) is 0 Å². The number of nitrogens with one attached hydrogen (secondary N) is 5. The monoisotopic (exact) mass is 573 g/mol. The molecule has 0 saturated heterocycles. The lowest BCUT2D eigenvalue weighted by Crippen LogP contribution is -2.56. The number of benzene rings is 2. The maximum absolute atomic E-state index is 13.5. The fourth-order valence-electron chi connectivity index (χ4n) is 4.62. The third kappa shape index (κ3) is 8.60. The standard InChI is InChI=1S/C31H35N5O6/c1-19(37)34-27(16-21-18-33-25-10-6-5-9-24(21)25)30(40)35-26(14-11-22(38)17-32)29(39)36-28(31(41)42-23-12-13-23)15-20-7-3-2-4-8-20/h2-10,17-18,23,26-28,32-33H,11-16H2,1H3,(H,34,37)(H,35,40)(H,36,39)/t26-,27-,28-/m0/s1. The van der Waals surface area contributed by atoms with Crippen molar-refractivity contribution in [1.29, 1.82) is 5.41 Å². The molecular formula is C31H35N5O6. The predicted octanol–water partition coefficient (Wildman–Crippen LogP) is 2.13. The Kier molecular flexibility index (Phi) is 10.2. The molecule has 11 nitrogen and oxygen atoms in total. The molecule has 220 valence electrons. The van der Waals surface area contributed by atoms with Crippen molar-refractivity contribution in [2.75, 3.05) is 0 Å². The highest BCUT2D eigenvalue weighted by Gasteiger charge is 2.33. The van der Waals surface area contributed by atoms with Gasteiger partial charge in [0.05, 0.1) is 6.21 Å². The van der Waals surface area contributed by atoms with E-state index in [1.807, 2.05) is 54.6 Å². The smallest absolute Gasteiger partial charge is 0.329 e. The van der Waals surface area contributed by atoms with E-state index in [-0.39, 0.29) is 31.8 Å². The largest absolute Gasteiger partial charge is 0.461 e. The van der Waals surface area contributed by atoms with Gasteiger partial charge in [0.25, 0.3) is 0 Å². The summed E-state index contributed by atoms with van der Waals surface area (Å²) in [5.74, 6) is -2.83. The molecule has 2 aromatic carbocycles. The van der Waals surface area contributed by atoms with Gasteiger partial charge >= 0.3 is 5.97 Å². The van der Waals surface area contributed by atoms with Gasteiger partial charge in [-0.1, -0.05) is 48.5 Å². The fourth-order valence-corrected chi connectivity index (χ4v) is 4.62. The first-order valence-corrected chi connectivity index (χ1v) is 13.9. The number of rotatable bonds is 15. The Labute approximate surface area is 243 Å². The van der Waals surface area contributed by atoms with Crippen LogP contribution in [0.1, 0.15) is 43.7 Å². The number of ketones is 1. The minimum atomic E-state index is -1.22. The van der Waals surface area contributed by atoms with Gasteiger partial charge in [0.2, 0.25) is 17.7 Å². The molecule has 0 unspecified atom stereocenters. The summed E-state index contributed by atoms with van der Waals surface area (Å²) >= 11 is 0. The molecule has 1 fully saturated rings. The zero-order valence-corrected chi connectivity index (χ0v) is 23.4. The molecule has 5 N–H and O–H groups in total. The Morgan fingerprint density at radius 3 is 2.26 bits per heavy atom. The molecule has 1 heterocycles. The molecule has 4 rings (SSSR count). The summed E-state index contributed by atoms with van der Waals surface area (Å²) in [7, 11) is 0. The van der Waals surface area contributed by atoms with Gasteiger partial charge in [0.15, 0.2) is 5.78 Å². The van der Waals surface area contributed by atoms with Crippen molar-refractivity contribution in [2.24, 2.45) is 0 Å². The summed E-state index contributed by atoms with van der Waals surface area (Å²) in [4.78, 5) is 67.0. The zero-order valence-electron chi connectivity index (χ0n) is 23.4. The number of esters is 1. The maximum Gasteiger partial charge on any atom is 0.329 e. The molecule has 3 atom stereocenters. The van der Waals surface area contributed by atoms with Gasteiger partial charge in [-0.3, -0.25) is 19.2 Å². The zero-order chi connectivity index (χ0) is 30.1. The Hall–Kier alpha value is -4.80. The summed E-state index contributed by atoms with van der Waals surface area (Å²) in [6, 6.07) is 13.4. The fraction of sp³-hybridized carbons (Fsp3) is 0.355. The number of hydrogen-bond donors (Lipinski definition) is 5. The van der Waals surface area contributed by atoms with Crippen molar-refractivity contribution in [3.05, 3.63) is 71.9 Å². The third-order valence-corrected chi connectivity index (χ3v) is 6.96. The molecule has 1 saturated carbocycles. The number of ether oxygens (including phenoxy) is 1. The highest BCUT2D eigenvalue weighted by atomic mass is 16.5. The van der Waals surface area contributed by atoms with E-state index in [1.165, 1.54) is 6.92 Å². The van der Waals surface area contributed by atoms with Crippen molar-refractivity contribution in [2.45, 2.75) is 69.7 Å². The molecule has 0 aliphatic heterocycles. The van der Waals surface area contributed by atoms with Crippen molar-refractivity contribution in [3.63, 3.8) is 0 Å². The van der Waals surface area contributed by atoms with E-state index in [4.69, 9.17) is 10.1 Å². The SMILES string of the molecule is CC(=O)N[C@@H](Cc1c[nH]c2ccccc12)C(=O)N[C@@H](CCC(=O)C=N)C(=O)N[C@@H](Cc1ccccc1)C(=O)OC1CC1. The van der Waals surface area contributed by atoms with E-state index in [0.29, 0.717) is 6.21 Å². The average molecular weight is 574 g/mol. The van der Waals surface area contributed by atoms with Gasteiger partial charge in [-0.05, 0) is 36.5 Å². The van der Waals surface area contributed by atoms with Crippen LogP contribution >= 0.6 is 0 Å². The Morgan fingerprint density at radius 1 is 0.905 bits per heavy atom. The van der Waals surface area contributed by atoms with Crippen LogP contribution in [-0.2, 0) is 41.6 Å². The highest BCUT2D eigenvalue weighted by Crippen LogP contribution is 2.24. The second-order valence-electron chi connectivity index (χ2n) is 10.4. The van der Waals surface area contributed by atoms with E-state index in [0.717, 1.165) is 34.9 Å². The van der Waals surface area contributed by atoms with E-state index >= 15 is 0 Å². The van der Waals surface area contributed by atoms with Gasteiger partial charge in [0, 0.05) is 43.3 Å². The van der Waals surface area contributed by atoms with Crippen LogP contribution in [0.2, 0.25) is 0 Å². The van der Waals surface area contributed by atoms with E-state index in [1.54, 1.807) is 6.20 Å². The topological polar surface area (TPSA) is 170 Å². The maximum atomic E-state index is 13.5. The number of carbonyl (C=O) groups is 5. The van der Waals surface area contributed by atoms with Crippen LogP contribution in [-0.4, -0.2) is 64.9 Å². The van der Waals surface area contributed by atoms with Gasteiger partial charge < -0.3 is 31.1 Å². The highest BCUT2D eigenvalue weighted by molar-refractivity contribution is 6.26. The number of Topliss-reactive ketones (excluding diaryl/α,β-unsaturated/α-hetero) is 1. The third-order valence-electron chi connectivity index (χ3n) is 6.96. The predicted molar refractivity (Wildman–Crippen MR) is 156 cm³/mol. The number of hydrogen-bond acceptors (Lipinski definition) is 7. The molecule has 1 aliphatic carbocycles. The first-order valence-electron chi connectivity index (χ1n) is 13.9. The molecular weight excluding hydrogens is 538 g/mol. The van der Waals surface area contributed by atoms with Crippen LogP contribution in [0, 0.1) is 5.41 Å². The van der Waals surface area contributed by atoms with Crippen LogP contribution in [0.5, 0.6) is 0 Å². The van der Waals surface area contributed by atoms with Crippen molar-refractivity contribution < 1.29 is 28.7 Å². The second kappa shape index (κ2) is 14.2. The number of aromatic nitrogens is 1. The number of amides is 3. The molecule has 0 radical (unpaired) electrons. The van der Waals surface area contributed by atoms with Crippen LogP contribution in [0.3, 0.4) is 0 Å². The van der Waals surface area contributed by atoms with Crippen LogP contribution in [0.25, 0.3) is 10.9 Å². The van der Waals surface area contributed by atoms with Crippen LogP contribution < -0.4 is 16.0 Å². The Balaban J connectivity index is 1.52. The number of fused-ring (bicyclic) bond motifs is 1. The lowest BCUT2D eigenvalue weighted by Gasteiger charge is -2.25. The summed E-state index contributed by atoms with van der Waals surface area (Å²) in [6.45, 7) is 1.29. The summed E-state index contributed by atoms with van der Waals surface area (Å²) < 4.78 is 5.47. The van der Waals surface area contributed by atoms with E-state index in [2.05, 4.69) is 20.9 Å². The molecule has 1 aliphatic rings. The van der Waals surface area contributed by atoms with Gasteiger partial charge in [-0.25, -0.2) is 4.79 Å². The van der Waals surface area contributed by atoms with Gasteiger partial charge in [0.1, 0.15) is 24.2 Å². The first kappa shape index (κ1) is 30.2. The summed E-state index contributed by atoms with van der Waals surface area (Å²) in [5.41, 5.74) is 2.48. The molecule has 3 amide bonds. The molecule has 3 aromatic rings. The molecule has 0 spiro atoms. The average Bonchev–Trinajstić information content (AvgIpc) is 3.71. The number of aromatic amines is 1. The van der Waals surface area contributed by atoms with Crippen molar-refractivity contribution in [3.8, 4) is 0 Å². The normalized spacial score (nSPS) is 14.7. The number of para-hydroxylation sites is 1. The minimum absolute atomic E-state index is 0.110. The summed E-state index contributed by atoms with van der Waals surface area (Å²) in [5, 5.41) is 16.1. The second-order valence-corrected chi connectivity index (χ2v) is 10.4. The van der Waals surface area contributed by atoms with Crippen LogP contribution in [0.4, 0.5) is 0 Å². The van der Waals surface area contributed by atoms with E-state index < -0.39 is 47.6 Å². The molecule has 1 aromatic heterocycles.